The van der Waals surface area contributed by atoms with Crippen molar-refractivity contribution < 1.29 is 13.2 Å². The summed E-state index contributed by atoms with van der Waals surface area (Å²) in [6.07, 6.45) is 1.19. The van der Waals surface area contributed by atoms with Crippen LogP contribution in [0.1, 0.15) is 30.5 Å². The zero-order chi connectivity index (χ0) is 21.4. The molecule has 0 radical (unpaired) electrons. The van der Waals surface area contributed by atoms with Crippen molar-refractivity contribution >= 4 is 15.8 Å². The smallest absolute Gasteiger partial charge is 0.191 e. The van der Waals surface area contributed by atoms with Gasteiger partial charge in [0, 0.05) is 12.8 Å². The fraction of sp³-hybridized carbons (Fsp3) is 0.409. The van der Waals surface area contributed by atoms with Gasteiger partial charge in [-0.1, -0.05) is 24.3 Å². The summed E-state index contributed by atoms with van der Waals surface area (Å²) in [5.41, 5.74) is 2.85. The van der Waals surface area contributed by atoms with E-state index in [0.29, 0.717) is 23.9 Å². The Balaban J connectivity index is 1.98. The van der Waals surface area contributed by atoms with Crippen molar-refractivity contribution in [2.75, 3.05) is 19.3 Å². The topological polar surface area (TPSA) is 79.8 Å². The van der Waals surface area contributed by atoms with Gasteiger partial charge in [-0.05, 0) is 62.6 Å². The lowest BCUT2D eigenvalue weighted by Crippen LogP contribution is -2.41. The number of hydrogen-bond donors (Lipinski definition) is 2. The van der Waals surface area contributed by atoms with Crippen LogP contribution in [0, 0.1) is 13.8 Å². The largest absolute Gasteiger partial charge is 0.489 e. The third kappa shape index (κ3) is 7.42. The molecule has 0 fully saturated rings. The van der Waals surface area contributed by atoms with Gasteiger partial charge in [-0.25, -0.2) is 13.4 Å². The first-order valence-corrected chi connectivity index (χ1v) is 11.6. The predicted octanol–water partition coefficient (Wildman–Crippen LogP) is 3.23. The average Bonchev–Trinajstić information content (AvgIpc) is 2.63. The van der Waals surface area contributed by atoms with Crippen LogP contribution in [-0.4, -0.2) is 39.8 Å². The van der Waals surface area contributed by atoms with Gasteiger partial charge < -0.3 is 15.4 Å². The molecule has 0 heterocycles. The summed E-state index contributed by atoms with van der Waals surface area (Å²) in [7, 11) is -3.21. The molecule has 0 spiro atoms. The van der Waals surface area contributed by atoms with E-state index >= 15 is 0 Å². The van der Waals surface area contributed by atoms with Crippen LogP contribution >= 0.6 is 0 Å². The number of rotatable bonds is 8. The van der Waals surface area contributed by atoms with Crippen molar-refractivity contribution in [1.29, 1.82) is 0 Å². The number of benzene rings is 2. The number of aryl methyl sites for hydroxylation is 2. The molecule has 0 aliphatic heterocycles. The van der Waals surface area contributed by atoms with Crippen LogP contribution in [0.2, 0.25) is 0 Å². The molecule has 2 aromatic rings. The van der Waals surface area contributed by atoms with Crippen LogP contribution < -0.4 is 15.4 Å². The first kappa shape index (κ1) is 22.7. The van der Waals surface area contributed by atoms with E-state index < -0.39 is 9.84 Å². The second-order valence-corrected chi connectivity index (χ2v) is 9.18. The molecule has 0 aliphatic rings. The van der Waals surface area contributed by atoms with E-state index in [1.807, 2.05) is 51.1 Å². The molecule has 0 amide bonds. The minimum Gasteiger partial charge on any atom is -0.489 e. The molecule has 2 N–H and O–H groups in total. The van der Waals surface area contributed by atoms with Crippen molar-refractivity contribution in [3.63, 3.8) is 0 Å². The molecule has 6 nitrogen and oxygen atoms in total. The predicted molar refractivity (Wildman–Crippen MR) is 118 cm³/mol. The Kier molecular flexibility index (Phi) is 8.08. The second kappa shape index (κ2) is 10.3. The summed E-state index contributed by atoms with van der Waals surface area (Å²) in [4.78, 5) is 4.96. The molecular formula is C22H31N3O3S. The molecule has 0 aromatic heterocycles. The fourth-order valence-corrected chi connectivity index (χ4v) is 3.90. The Bertz CT molecular complexity index is 956. The van der Waals surface area contributed by atoms with Gasteiger partial charge in [0.1, 0.15) is 11.9 Å². The number of nitrogens with one attached hydrogen (secondary N) is 2. The first-order valence-electron chi connectivity index (χ1n) is 9.74. The zero-order valence-corrected chi connectivity index (χ0v) is 18.6. The van der Waals surface area contributed by atoms with Gasteiger partial charge in [-0.3, -0.25) is 0 Å². The molecule has 7 heteroatoms. The lowest BCUT2D eigenvalue weighted by atomic mass is 10.1. The summed E-state index contributed by atoms with van der Waals surface area (Å²) >= 11 is 0. The average molecular weight is 418 g/mol. The third-order valence-electron chi connectivity index (χ3n) is 4.29. The van der Waals surface area contributed by atoms with E-state index in [4.69, 9.17) is 4.74 Å². The summed E-state index contributed by atoms with van der Waals surface area (Å²) in [6, 6.07) is 13.3. The van der Waals surface area contributed by atoms with Gasteiger partial charge in [0.05, 0.1) is 18.0 Å². The molecule has 2 rings (SSSR count). The SMILES string of the molecule is CCNC(=NCc1ccc(S(C)(=O)=O)c(C)c1)NCC(C)Oc1cccc(C)c1. The van der Waals surface area contributed by atoms with Gasteiger partial charge >= 0.3 is 0 Å². The van der Waals surface area contributed by atoms with E-state index in [2.05, 4.69) is 15.6 Å². The molecule has 1 unspecified atom stereocenters. The normalized spacial score (nSPS) is 13.1. The van der Waals surface area contributed by atoms with Gasteiger partial charge in [0.15, 0.2) is 15.8 Å². The highest BCUT2D eigenvalue weighted by molar-refractivity contribution is 7.90. The number of guanidine groups is 1. The summed E-state index contributed by atoms with van der Waals surface area (Å²) in [5, 5.41) is 6.51. The van der Waals surface area contributed by atoms with E-state index in [9.17, 15) is 8.42 Å². The van der Waals surface area contributed by atoms with Gasteiger partial charge in [0.25, 0.3) is 0 Å². The van der Waals surface area contributed by atoms with Crippen molar-refractivity contribution in [3.05, 3.63) is 59.2 Å². The standard InChI is InChI=1S/C22H31N3O3S/c1-6-23-22(24-14-18(4)28-20-9-7-8-16(2)12-20)25-15-19-10-11-21(17(3)13-19)29(5,26)27/h7-13,18H,6,14-15H2,1-5H3,(H2,23,24,25). The Morgan fingerprint density at radius 3 is 2.52 bits per heavy atom. The number of hydrogen-bond acceptors (Lipinski definition) is 4. The van der Waals surface area contributed by atoms with E-state index in [-0.39, 0.29) is 6.10 Å². The molecule has 2 aromatic carbocycles. The van der Waals surface area contributed by atoms with Crippen molar-refractivity contribution in [2.45, 2.75) is 45.2 Å². The molecule has 0 aliphatic carbocycles. The molecule has 1 atom stereocenters. The first-order chi connectivity index (χ1) is 13.7. The molecule has 0 saturated carbocycles. The zero-order valence-electron chi connectivity index (χ0n) is 17.8. The Morgan fingerprint density at radius 2 is 1.90 bits per heavy atom. The van der Waals surface area contributed by atoms with Crippen LogP contribution in [0.25, 0.3) is 0 Å². The molecule has 0 saturated heterocycles. The van der Waals surface area contributed by atoms with Crippen LogP contribution in [-0.2, 0) is 16.4 Å². The van der Waals surface area contributed by atoms with Crippen molar-refractivity contribution in [2.24, 2.45) is 4.99 Å². The second-order valence-electron chi connectivity index (χ2n) is 7.19. The third-order valence-corrected chi connectivity index (χ3v) is 5.54. The minimum atomic E-state index is -3.21. The number of nitrogens with zero attached hydrogens (tertiary/aromatic N) is 1. The summed E-state index contributed by atoms with van der Waals surface area (Å²) < 4.78 is 29.5. The highest BCUT2D eigenvalue weighted by atomic mass is 32.2. The van der Waals surface area contributed by atoms with Gasteiger partial charge in [-0.15, -0.1) is 0 Å². The van der Waals surface area contributed by atoms with Crippen molar-refractivity contribution in [1.82, 2.24) is 10.6 Å². The Labute approximate surface area is 174 Å². The van der Waals surface area contributed by atoms with Crippen LogP contribution in [0.3, 0.4) is 0 Å². The Hall–Kier alpha value is -2.54. The number of sulfone groups is 1. The number of aliphatic imine (C=N–C) groups is 1. The highest BCUT2D eigenvalue weighted by Crippen LogP contribution is 2.17. The van der Waals surface area contributed by atoms with E-state index in [1.54, 1.807) is 19.1 Å². The van der Waals surface area contributed by atoms with Crippen LogP contribution in [0.5, 0.6) is 5.75 Å². The van der Waals surface area contributed by atoms with Crippen LogP contribution in [0.4, 0.5) is 0 Å². The van der Waals surface area contributed by atoms with Gasteiger partial charge in [0.2, 0.25) is 0 Å². The highest BCUT2D eigenvalue weighted by Gasteiger charge is 2.11. The fourth-order valence-electron chi connectivity index (χ4n) is 2.94. The molecule has 158 valence electrons. The van der Waals surface area contributed by atoms with Crippen molar-refractivity contribution in [3.8, 4) is 5.75 Å². The lowest BCUT2D eigenvalue weighted by molar-refractivity contribution is 0.223. The minimum absolute atomic E-state index is 0.0306. The maximum atomic E-state index is 11.8. The van der Waals surface area contributed by atoms with Gasteiger partial charge in [-0.2, -0.15) is 0 Å². The Morgan fingerprint density at radius 1 is 1.14 bits per heavy atom. The molecular weight excluding hydrogens is 386 g/mol. The monoisotopic (exact) mass is 417 g/mol. The maximum absolute atomic E-state index is 11.8. The summed E-state index contributed by atoms with van der Waals surface area (Å²) in [6.45, 7) is 9.65. The van der Waals surface area contributed by atoms with E-state index in [1.165, 1.54) is 6.26 Å². The van der Waals surface area contributed by atoms with Crippen LogP contribution in [0.15, 0.2) is 52.4 Å². The number of ether oxygens (including phenoxy) is 1. The quantitative estimate of drug-likeness (QED) is 0.509. The molecule has 29 heavy (non-hydrogen) atoms. The molecule has 0 bridgehead atoms. The summed E-state index contributed by atoms with van der Waals surface area (Å²) in [5.74, 6) is 1.54. The van der Waals surface area contributed by atoms with E-state index in [0.717, 1.165) is 29.0 Å². The lowest BCUT2D eigenvalue weighted by Gasteiger charge is -2.18. The maximum Gasteiger partial charge on any atom is 0.191 e.